The van der Waals surface area contributed by atoms with Crippen molar-refractivity contribution in [2.24, 2.45) is 0 Å². The monoisotopic (exact) mass is 234 g/mol. The summed E-state index contributed by atoms with van der Waals surface area (Å²) in [6.45, 7) is 0. The third-order valence-electron chi connectivity index (χ3n) is 2.07. The van der Waals surface area contributed by atoms with Crippen molar-refractivity contribution in [3.63, 3.8) is 0 Å². The average molecular weight is 234 g/mol. The van der Waals surface area contributed by atoms with Gasteiger partial charge in [-0.25, -0.2) is 0 Å². The third kappa shape index (κ3) is 1.46. The van der Waals surface area contributed by atoms with Crippen LogP contribution in [0.2, 0.25) is 0 Å². The maximum absolute atomic E-state index is 3.97. The molecule has 3 aromatic rings. The van der Waals surface area contributed by atoms with Gasteiger partial charge >= 0.3 is 0 Å². The van der Waals surface area contributed by atoms with Crippen molar-refractivity contribution in [3.05, 3.63) is 34.0 Å². The normalized spacial score (nSPS) is 11.1. The summed E-state index contributed by atoms with van der Waals surface area (Å²) in [5, 5.41) is 29.8. The van der Waals surface area contributed by atoms with Crippen molar-refractivity contribution in [2.75, 3.05) is 0 Å². The molecule has 0 unspecified atom stereocenters. The SMILES string of the molecule is c1csc(C(c2nn[nH]n2)c2nn[nH]n2)c1. The number of hydrogen-bond acceptors (Lipinski definition) is 7. The summed E-state index contributed by atoms with van der Waals surface area (Å²) in [5.74, 6) is 0.838. The molecule has 3 heterocycles. The Morgan fingerprint density at radius 2 is 1.75 bits per heavy atom. The fourth-order valence-corrected chi connectivity index (χ4v) is 2.23. The van der Waals surface area contributed by atoms with E-state index in [9.17, 15) is 0 Å². The van der Waals surface area contributed by atoms with Crippen LogP contribution >= 0.6 is 11.3 Å². The van der Waals surface area contributed by atoms with E-state index in [0.29, 0.717) is 11.6 Å². The van der Waals surface area contributed by atoms with E-state index >= 15 is 0 Å². The first kappa shape index (κ1) is 9.09. The van der Waals surface area contributed by atoms with Gasteiger partial charge in [-0.3, -0.25) is 0 Å². The van der Waals surface area contributed by atoms with E-state index in [-0.39, 0.29) is 5.92 Å². The number of aromatic amines is 2. The van der Waals surface area contributed by atoms with Gasteiger partial charge in [0.2, 0.25) is 0 Å². The van der Waals surface area contributed by atoms with Crippen molar-refractivity contribution in [2.45, 2.75) is 5.92 Å². The number of H-pyrrole nitrogens is 2. The highest BCUT2D eigenvalue weighted by Crippen LogP contribution is 2.29. The summed E-state index contributed by atoms with van der Waals surface area (Å²) >= 11 is 1.58. The molecule has 2 N–H and O–H groups in total. The lowest BCUT2D eigenvalue weighted by Crippen LogP contribution is -2.06. The molecule has 0 atom stereocenters. The van der Waals surface area contributed by atoms with Gasteiger partial charge < -0.3 is 0 Å². The van der Waals surface area contributed by atoms with Gasteiger partial charge in [-0.1, -0.05) is 16.5 Å². The largest absolute Gasteiger partial charge is 0.190 e. The standard InChI is InChI=1S/C7H6N8S/c1-2-4(16-3-1)5(6-8-12-13-9-6)7-10-14-15-11-7/h1-3,5H,(H,8,9,12,13)(H,10,11,14,15). The molecule has 3 rings (SSSR count). The quantitative estimate of drug-likeness (QED) is 0.657. The molecule has 0 aliphatic rings. The smallest absolute Gasteiger partial charge is 0.177 e. The number of nitrogens with zero attached hydrogens (tertiary/aromatic N) is 6. The Morgan fingerprint density at radius 1 is 1.06 bits per heavy atom. The van der Waals surface area contributed by atoms with Gasteiger partial charge in [-0.2, -0.15) is 10.4 Å². The van der Waals surface area contributed by atoms with Crippen LogP contribution in [0.3, 0.4) is 0 Å². The zero-order valence-corrected chi connectivity index (χ0v) is 8.72. The van der Waals surface area contributed by atoms with Crippen LogP contribution in [0.5, 0.6) is 0 Å². The van der Waals surface area contributed by atoms with Crippen molar-refractivity contribution in [3.8, 4) is 0 Å². The predicted molar refractivity (Wildman–Crippen MR) is 53.6 cm³/mol. The first-order chi connectivity index (χ1) is 7.95. The Balaban J connectivity index is 2.09. The maximum Gasteiger partial charge on any atom is 0.190 e. The fraction of sp³-hybridized carbons (Fsp3) is 0.143. The highest BCUT2D eigenvalue weighted by molar-refractivity contribution is 7.10. The van der Waals surface area contributed by atoms with E-state index in [2.05, 4.69) is 41.2 Å². The van der Waals surface area contributed by atoms with Gasteiger partial charge in [-0.15, -0.1) is 31.7 Å². The van der Waals surface area contributed by atoms with Crippen molar-refractivity contribution >= 4 is 11.3 Å². The lowest BCUT2D eigenvalue weighted by molar-refractivity contribution is 0.805. The highest BCUT2D eigenvalue weighted by atomic mass is 32.1. The van der Waals surface area contributed by atoms with Gasteiger partial charge in [0.15, 0.2) is 11.6 Å². The van der Waals surface area contributed by atoms with Crippen LogP contribution in [0.15, 0.2) is 17.5 Å². The van der Waals surface area contributed by atoms with Gasteiger partial charge in [-0.05, 0) is 11.4 Å². The third-order valence-corrected chi connectivity index (χ3v) is 3.00. The Kier molecular flexibility index (Phi) is 2.14. The van der Waals surface area contributed by atoms with Crippen molar-refractivity contribution < 1.29 is 0 Å². The molecule has 0 aromatic carbocycles. The van der Waals surface area contributed by atoms with Crippen LogP contribution in [0.4, 0.5) is 0 Å². The second-order valence-electron chi connectivity index (χ2n) is 2.99. The summed E-state index contributed by atoms with van der Waals surface area (Å²) in [7, 11) is 0. The van der Waals surface area contributed by atoms with E-state index in [0.717, 1.165) is 4.88 Å². The molecular weight excluding hydrogens is 228 g/mol. The molecule has 0 fully saturated rings. The van der Waals surface area contributed by atoms with E-state index in [1.54, 1.807) is 11.3 Å². The number of tetrazole rings is 2. The average Bonchev–Trinajstić information content (AvgIpc) is 3.02. The van der Waals surface area contributed by atoms with E-state index < -0.39 is 0 Å². The number of rotatable bonds is 3. The maximum atomic E-state index is 3.97. The Morgan fingerprint density at radius 3 is 2.19 bits per heavy atom. The van der Waals surface area contributed by atoms with Crippen LogP contribution < -0.4 is 0 Å². The van der Waals surface area contributed by atoms with Crippen LogP contribution in [0.25, 0.3) is 0 Å². The van der Waals surface area contributed by atoms with Crippen LogP contribution in [0, 0.1) is 0 Å². The lowest BCUT2D eigenvalue weighted by atomic mass is 10.1. The molecule has 8 nitrogen and oxygen atoms in total. The molecule has 0 aliphatic heterocycles. The van der Waals surface area contributed by atoms with Gasteiger partial charge in [0.25, 0.3) is 0 Å². The molecule has 0 aliphatic carbocycles. The molecule has 80 valence electrons. The van der Waals surface area contributed by atoms with E-state index in [4.69, 9.17) is 0 Å². The van der Waals surface area contributed by atoms with E-state index in [1.165, 1.54) is 0 Å². The minimum absolute atomic E-state index is 0.225. The lowest BCUT2D eigenvalue weighted by Gasteiger charge is -2.04. The Hall–Kier alpha value is -2.16. The molecule has 3 aromatic heterocycles. The van der Waals surface area contributed by atoms with E-state index in [1.807, 2.05) is 17.5 Å². The summed E-state index contributed by atoms with van der Waals surface area (Å²) in [5.41, 5.74) is 0. The van der Waals surface area contributed by atoms with Crippen molar-refractivity contribution in [1.82, 2.24) is 41.2 Å². The zero-order chi connectivity index (χ0) is 10.8. The fourth-order valence-electron chi connectivity index (χ4n) is 1.41. The van der Waals surface area contributed by atoms with Gasteiger partial charge in [0.1, 0.15) is 5.92 Å². The molecule has 0 radical (unpaired) electrons. The molecule has 0 saturated heterocycles. The molecule has 0 bridgehead atoms. The molecule has 16 heavy (non-hydrogen) atoms. The molecule has 9 heteroatoms. The minimum atomic E-state index is -0.225. The summed E-state index contributed by atoms with van der Waals surface area (Å²) in [6.07, 6.45) is 0. The van der Waals surface area contributed by atoms with Crippen molar-refractivity contribution in [1.29, 1.82) is 0 Å². The molecule has 0 amide bonds. The first-order valence-electron chi connectivity index (χ1n) is 4.45. The molecule has 0 spiro atoms. The number of thiophene rings is 1. The second-order valence-corrected chi connectivity index (χ2v) is 3.97. The number of aromatic nitrogens is 8. The Bertz CT molecular complexity index is 446. The molecular formula is C7H6N8S. The summed E-state index contributed by atoms with van der Waals surface area (Å²) in [4.78, 5) is 1.04. The predicted octanol–water partition coefficient (Wildman–Crippen LogP) is -0.0455. The summed E-state index contributed by atoms with van der Waals surface area (Å²) in [6, 6.07) is 3.93. The van der Waals surface area contributed by atoms with Crippen LogP contribution in [-0.2, 0) is 0 Å². The minimum Gasteiger partial charge on any atom is -0.177 e. The highest BCUT2D eigenvalue weighted by Gasteiger charge is 2.25. The van der Waals surface area contributed by atoms with Crippen LogP contribution in [0.1, 0.15) is 22.4 Å². The Labute approximate surface area is 93.1 Å². The zero-order valence-electron chi connectivity index (χ0n) is 7.90. The summed E-state index contributed by atoms with van der Waals surface area (Å²) < 4.78 is 0. The first-order valence-corrected chi connectivity index (χ1v) is 5.33. The molecule has 0 saturated carbocycles. The number of hydrogen-bond donors (Lipinski definition) is 2. The number of nitrogens with one attached hydrogen (secondary N) is 2. The van der Waals surface area contributed by atoms with Gasteiger partial charge in [0, 0.05) is 4.88 Å². The topological polar surface area (TPSA) is 109 Å². The van der Waals surface area contributed by atoms with Crippen LogP contribution in [-0.4, -0.2) is 41.2 Å². The van der Waals surface area contributed by atoms with Gasteiger partial charge in [0.05, 0.1) is 0 Å². The second kappa shape index (κ2) is 3.77.